The molecule has 0 spiro atoms. The predicted molar refractivity (Wildman–Crippen MR) is 132 cm³/mol. The molecule has 0 aliphatic carbocycles. The number of hydrogen-bond donors (Lipinski definition) is 6. The lowest BCUT2D eigenvalue weighted by Gasteiger charge is -2.33. The molecule has 39 heavy (non-hydrogen) atoms. The minimum absolute atomic E-state index is 0.0468. The lowest BCUT2D eigenvalue weighted by atomic mass is 9.86. The van der Waals surface area contributed by atoms with Crippen LogP contribution in [0.5, 0.6) is 0 Å². The third-order valence-electron chi connectivity index (χ3n) is 5.77. The number of para-hydroxylation sites is 2. The highest BCUT2D eigenvalue weighted by Gasteiger charge is 2.55. The van der Waals surface area contributed by atoms with Crippen molar-refractivity contribution >= 4 is 40.8 Å². The molecule has 1 saturated heterocycles. The Morgan fingerprint density at radius 1 is 1.10 bits per heavy atom. The van der Waals surface area contributed by atoms with E-state index in [1.54, 1.807) is 27.7 Å². The Hall–Kier alpha value is -1.78. The maximum absolute atomic E-state index is 13.0. The second-order valence-corrected chi connectivity index (χ2v) is 14.1. The van der Waals surface area contributed by atoms with Crippen LogP contribution in [0.3, 0.4) is 0 Å². The summed E-state index contributed by atoms with van der Waals surface area (Å²) in [5.74, 6) is -1.45. The van der Waals surface area contributed by atoms with Crippen molar-refractivity contribution in [3.05, 3.63) is 34.4 Å². The molecule has 1 heterocycles. The Labute approximate surface area is 222 Å². The van der Waals surface area contributed by atoms with Gasteiger partial charge in [-0.2, -0.15) is 8.62 Å². The Morgan fingerprint density at radius 2 is 1.69 bits per heavy atom. The summed E-state index contributed by atoms with van der Waals surface area (Å²) >= 11 is 0. The number of carbonyl (C=O) groups excluding carboxylic acids is 1. The molecule has 4 atom stereocenters. The number of nitrogens with one attached hydrogen (secondary N) is 2. The number of rotatable bonds is 13. The van der Waals surface area contributed by atoms with Crippen molar-refractivity contribution in [3.63, 3.8) is 0 Å². The van der Waals surface area contributed by atoms with Gasteiger partial charge in [-0.1, -0.05) is 12.1 Å². The number of hydrogen-bond acceptors (Lipinski definition) is 11. The minimum atomic E-state index is -5.82. The molecule has 2 rings (SSSR count). The molecule has 21 heteroatoms. The third kappa shape index (κ3) is 9.39. The molecule has 1 radical (unpaired) electrons. The van der Waals surface area contributed by atoms with Gasteiger partial charge in [-0.15, -0.1) is 10.3 Å². The van der Waals surface area contributed by atoms with Crippen molar-refractivity contribution in [1.29, 1.82) is 0 Å². The van der Waals surface area contributed by atoms with E-state index >= 15 is 0 Å². The second kappa shape index (κ2) is 12.0. The Balaban J connectivity index is 2.23. The van der Waals surface area contributed by atoms with Crippen LogP contribution >= 0.6 is 23.5 Å². The highest BCUT2D eigenvalue weighted by molar-refractivity contribution is 7.66. The fraction of sp³-hybridized carbons (Fsp3) is 0.611. The van der Waals surface area contributed by atoms with Crippen LogP contribution in [0.25, 0.3) is 0 Å². The van der Waals surface area contributed by atoms with E-state index in [1.165, 1.54) is 24.3 Å². The van der Waals surface area contributed by atoms with Crippen molar-refractivity contribution in [2.75, 3.05) is 18.4 Å². The van der Waals surface area contributed by atoms with Crippen LogP contribution < -0.4 is 10.6 Å². The summed E-state index contributed by atoms with van der Waals surface area (Å²) in [6.07, 6.45) is -1.41. The molecule has 1 aliphatic rings. The van der Waals surface area contributed by atoms with Gasteiger partial charge in [0, 0.05) is 24.7 Å². The van der Waals surface area contributed by atoms with Gasteiger partial charge < -0.3 is 30.2 Å². The first-order chi connectivity index (χ1) is 17.6. The number of phosphoric ester groups is 1. The number of amides is 1. The predicted octanol–water partition coefficient (Wildman–Crippen LogP) is 2.06. The molecule has 1 amide bonds. The van der Waals surface area contributed by atoms with Crippen LogP contribution in [0.1, 0.15) is 34.1 Å². The van der Waals surface area contributed by atoms with Crippen molar-refractivity contribution in [1.82, 2.24) is 10.4 Å². The molecule has 1 aliphatic heterocycles. The second-order valence-electron chi connectivity index (χ2n) is 9.74. The first-order valence-electron chi connectivity index (χ1n) is 11.1. The maximum atomic E-state index is 13.0. The topological polar surface area (TPSA) is 267 Å². The van der Waals surface area contributed by atoms with Crippen molar-refractivity contribution in [2.24, 2.45) is 5.92 Å². The first-order valence-corrected chi connectivity index (χ1v) is 15.6. The summed E-state index contributed by atoms with van der Waals surface area (Å²) < 4.78 is 47.2. The van der Waals surface area contributed by atoms with Gasteiger partial charge in [0.05, 0.1) is 16.4 Å². The quantitative estimate of drug-likeness (QED) is 0.105. The van der Waals surface area contributed by atoms with Crippen molar-refractivity contribution < 1.29 is 61.3 Å². The van der Waals surface area contributed by atoms with Crippen molar-refractivity contribution in [3.8, 4) is 0 Å². The molecule has 1 aromatic rings. The van der Waals surface area contributed by atoms with Gasteiger partial charge >= 0.3 is 23.5 Å². The molecule has 0 saturated carbocycles. The van der Waals surface area contributed by atoms with E-state index in [1.807, 2.05) is 0 Å². The molecule has 0 bridgehead atoms. The average molecular weight is 619 g/mol. The zero-order valence-electron chi connectivity index (χ0n) is 21.2. The lowest BCUT2D eigenvalue weighted by molar-refractivity contribution is -0.384. The molecule has 221 valence electrons. The number of carbonyl (C=O) groups is 1. The molecule has 1 aromatic carbocycles. The molecular weight excluding hydrogens is 589 g/mol. The van der Waals surface area contributed by atoms with Gasteiger partial charge in [0.2, 0.25) is 5.91 Å². The minimum Gasteiger partial charge on any atom is -0.377 e. The standard InChI is InChI=1S/C18H30N4O14P3/c1-17(2)9-13(18(3,4)22(17)26)16(23)20-11-12(10-19-14-7-5-6-8-15(14)21(24)25)34-38(30,31)36-39(32,33)35-37(27,28)29/h5-8,12-13,19H,9-11H2,1-4H3,(H,20,23)(H,30,31)(H,32,33)(H2,27,28,29). The first kappa shape index (κ1) is 33.4. The maximum Gasteiger partial charge on any atom is 0.490 e. The van der Waals surface area contributed by atoms with E-state index in [4.69, 9.17) is 14.3 Å². The number of nitro groups is 1. The monoisotopic (exact) mass is 619 g/mol. The smallest absolute Gasteiger partial charge is 0.377 e. The van der Waals surface area contributed by atoms with Crippen molar-refractivity contribution in [2.45, 2.75) is 51.3 Å². The fourth-order valence-corrected chi connectivity index (χ4v) is 7.33. The SMILES string of the molecule is CC1(C)CC(C(=O)NCC(CNc2ccccc2[N+](=O)[O-])OP(=O)(O)OP(=O)(O)OP(=O)(O)O)C(C)(C)N1[O]. The molecule has 1 fully saturated rings. The van der Waals surface area contributed by atoms with E-state index < -0.39 is 70.5 Å². The summed E-state index contributed by atoms with van der Waals surface area (Å²) in [5.41, 5.74) is -2.41. The van der Waals surface area contributed by atoms with E-state index in [0.717, 1.165) is 5.06 Å². The van der Waals surface area contributed by atoms with Gasteiger partial charge in [-0.05, 0) is 40.2 Å². The van der Waals surface area contributed by atoms with E-state index in [-0.39, 0.29) is 17.8 Å². The number of phosphoric acid groups is 3. The van der Waals surface area contributed by atoms with Crippen LogP contribution in [0.4, 0.5) is 11.4 Å². The Morgan fingerprint density at radius 3 is 2.21 bits per heavy atom. The largest absolute Gasteiger partial charge is 0.490 e. The Kier molecular flexibility index (Phi) is 10.3. The zero-order valence-corrected chi connectivity index (χ0v) is 23.9. The number of benzene rings is 1. The zero-order chi connectivity index (χ0) is 30.0. The van der Waals surface area contributed by atoms with Crippen LogP contribution in [-0.2, 0) is 36.8 Å². The number of anilines is 1. The van der Waals surface area contributed by atoms with E-state index in [9.17, 15) is 43.6 Å². The highest BCUT2D eigenvalue weighted by Crippen LogP contribution is 2.66. The van der Waals surface area contributed by atoms with Gasteiger partial charge in [-0.3, -0.25) is 19.4 Å². The summed E-state index contributed by atoms with van der Waals surface area (Å²) in [6.45, 7) is 5.37. The molecular formula is C18H30N4O14P3. The van der Waals surface area contributed by atoms with Crippen LogP contribution in [0.15, 0.2) is 24.3 Å². The van der Waals surface area contributed by atoms with E-state index in [0.29, 0.717) is 0 Å². The lowest BCUT2D eigenvalue weighted by Crippen LogP contribution is -2.50. The van der Waals surface area contributed by atoms with Crippen LogP contribution in [0, 0.1) is 16.0 Å². The van der Waals surface area contributed by atoms with Gasteiger partial charge in [0.25, 0.3) is 5.69 Å². The third-order valence-corrected chi connectivity index (χ3v) is 9.66. The molecule has 4 unspecified atom stereocenters. The van der Waals surface area contributed by atoms with Crippen LogP contribution in [-0.4, -0.2) is 65.7 Å². The highest BCUT2D eigenvalue weighted by atomic mass is 31.3. The number of nitro benzene ring substituents is 1. The molecule has 0 aromatic heterocycles. The number of nitrogens with zero attached hydrogens (tertiary/aromatic N) is 2. The van der Waals surface area contributed by atoms with Gasteiger partial charge in [0.1, 0.15) is 11.8 Å². The average Bonchev–Trinajstić information content (AvgIpc) is 2.92. The number of hydroxylamine groups is 2. The summed E-state index contributed by atoms with van der Waals surface area (Å²) in [7, 11) is -17.1. The van der Waals surface area contributed by atoms with Gasteiger partial charge in [-0.25, -0.2) is 13.7 Å². The summed E-state index contributed by atoms with van der Waals surface area (Å²) in [6, 6.07) is 5.31. The molecule has 18 nitrogen and oxygen atoms in total. The Bertz CT molecular complexity index is 1220. The summed E-state index contributed by atoms with van der Waals surface area (Å²) in [4.78, 5) is 60.3. The van der Waals surface area contributed by atoms with Gasteiger partial charge in [0.15, 0.2) is 0 Å². The molecule has 6 N–H and O–H groups in total. The van der Waals surface area contributed by atoms with E-state index in [2.05, 4.69) is 19.3 Å². The summed E-state index contributed by atoms with van der Waals surface area (Å²) in [5, 5.41) is 29.7. The van der Waals surface area contributed by atoms with Crippen LogP contribution in [0.2, 0.25) is 0 Å². The normalized spacial score (nSPS) is 22.8. The fourth-order valence-electron chi connectivity index (χ4n) is 4.15.